The Morgan fingerprint density at radius 3 is 1.17 bits per heavy atom. The largest absolute Gasteiger partial charge is 0.485 e. The van der Waals surface area contributed by atoms with Crippen LogP contribution in [-0.2, 0) is 5.41 Å². The van der Waals surface area contributed by atoms with Gasteiger partial charge in [-0.05, 0) is 80.2 Å². The quantitative estimate of drug-likeness (QED) is 0.101. The van der Waals surface area contributed by atoms with Crippen LogP contribution in [0, 0.1) is 5.92 Å². The minimum Gasteiger partial charge on any atom is -0.485 e. The average Bonchev–Trinajstić information content (AvgIpc) is 3.55. The maximum Gasteiger partial charge on any atom is 0.132 e. The Hall–Kier alpha value is -7.52. The molecule has 3 atom stereocenters. The van der Waals surface area contributed by atoms with Crippen molar-refractivity contribution in [3.05, 3.63) is 338 Å². The lowest BCUT2D eigenvalue weighted by atomic mass is 9.68. The van der Waals surface area contributed by atoms with Gasteiger partial charge in [-0.25, -0.2) is 0 Å². The third-order valence-corrected chi connectivity index (χ3v) is 25.4. The first-order chi connectivity index (χ1) is 40.0. The van der Waals surface area contributed by atoms with Crippen LogP contribution in [0.3, 0.4) is 0 Å². The van der Waals surface area contributed by atoms with E-state index >= 15 is 0 Å². The van der Waals surface area contributed by atoms with Gasteiger partial charge in [-0.15, -0.1) is 0 Å². The van der Waals surface area contributed by atoms with Gasteiger partial charge in [0.25, 0.3) is 0 Å². The Morgan fingerprint density at radius 2 is 0.728 bits per heavy atom. The Bertz CT molecular complexity index is 3620. The third kappa shape index (κ3) is 11.8. The topological polar surface area (TPSA) is 18.5 Å². The van der Waals surface area contributed by atoms with E-state index in [1.807, 2.05) is 0 Å². The second-order valence-corrected chi connectivity index (χ2v) is 29.6. The zero-order chi connectivity index (χ0) is 54.8. The molecule has 0 saturated carbocycles. The maximum atomic E-state index is 7.38. The molecule has 1 heterocycles. The molecule has 0 aromatic heterocycles. The van der Waals surface area contributed by atoms with Gasteiger partial charge in [0.05, 0.1) is 0 Å². The lowest BCUT2D eigenvalue weighted by Gasteiger charge is -2.48. The molecule has 13 rings (SSSR count). The SMILES string of the molecule is C1=CCC(Oc2ccccc2P(c2ccccc2)c2ccccc2)C(P(c2ccccc2)c2ccccc2)=C1.CC1(C)c2cccc(P(c3ccccc3)c3ccccc3)c2OC2C(P(c3ccccc3)c3ccccc3)=CC=CC21. The van der Waals surface area contributed by atoms with Crippen LogP contribution < -0.4 is 62.5 Å². The minimum atomic E-state index is -0.801. The van der Waals surface area contributed by atoms with Crippen LogP contribution in [0.25, 0.3) is 0 Å². The molecule has 1 aliphatic heterocycles. The summed E-state index contributed by atoms with van der Waals surface area (Å²) in [5.41, 5.74) is 1.20. The molecule has 3 unspecified atom stereocenters. The first-order valence-electron chi connectivity index (χ1n) is 27.9. The zero-order valence-corrected chi connectivity index (χ0v) is 49.2. The first-order valence-corrected chi connectivity index (χ1v) is 33.3. The summed E-state index contributed by atoms with van der Waals surface area (Å²) in [7, 11) is -3.06. The van der Waals surface area contributed by atoms with Crippen molar-refractivity contribution in [2.45, 2.75) is 37.9 Å². The summed E-state index contributed by atoms with van der Waals surface area (Å²) >= 11 is 0. The molecule has 2 nitrogen and oxygen atoms in total. The molecule has 0 saturated heterocycles. The van der Waals surface area contributed by atoms with E-state index in [0.29, 0.717) is 0 Å². The highest BCUT2D eigenvalue weighted by Crippen LogP contribution is 2.56. The fourth-order valence-corrected chi connectivity index (χ4v) is 21.3. The van der Waals surface area contributed by atoms with Gasteiger partial charge in [0.1, 0.15) is 23.7 Å². The fourth-order valence-electron chi connectivity index (χ4n) is 11.4. The third-order valence-electron chi connectivity index (χ3n) is 15.3. The Morgan fingerprint density at radius 1 is 0.370 bits per heavy atom. The van der Waals surface area contributed by atoms with Crippen molar-refractivity contribution < 1.29 is 9.47 Å². The number of rotatable bonds is 14. The van der Waals surface area contributed by atoms with Gasteiger partial charge in [-0.3, -0.25) is 0 Å². The van der Waals surface area contributed by atoms with Crippen molar-refractivity contribution in [1.29, 1.82) is 0 Å². The summed E-state index contributed by atoms with van der Waals surface area (Å²) in [4.78, 5) is 0. The van der Waals surface area contributed by atoms with Crippen LogP contribution in [0.15, 0.2) is 332 Å². The second-order valence-electron chi connectivity index (χ2n) is 20.8. The maximum absolute atomic E-state index is 7.38. The van der Waals surface area contributed by atoms with Gasteiger partial charge < -0.3 is 9.47 Å². The highest BCUT2D eigenvalue weighted by Gasteiger charge is 2.48. The Labute approximate surface area is 484 Å². The second kappa shape index (κ2) is 25.5. The summed E-state index contributed by atoms with van der Waals surface area (Å²) in [5.74, 6) is 2.27. The molecule has 81 heavy (non-hydrogen) atoms. The van der Waals surface area contributed by atoms with Crippen molar-refractivity contribution in [2.75, 3.05) is 0 Å². The predicted octanol–water partition coefficient (Wildman–Crippen LogP) is 14.9. The van der Waals surface area contributed by atoms with Crippen molar-refractivity contribution in [2.24, 2.45) is 5.92 Å². The summed E-state index contributed by atoms with van der Waals surface area (Å²) in [6.45, 7) is 4.81. The number of benzene rings is 10. The number of hydrogen-bond acceptors (Lipinski definition) is 2. The number of para-hydroxylation sites is 2. The summed E-state index contributed by atoms with van der Waals surface area (Å²) < 4.78 is 14.4. The van der Waals surface area contributed by atoms with Gasteiger partial charge in [0, 0.05) is 44.6 Å². The van der Waals surface area contributed by atoms with Crippen LogP contribution >= 0.6 is 31.7 Å². The van der Waals surface area contributed by atoms with Crippen molar-refractivity contribution >= 4 is 84.7 Å². The lowest BCUT2D eigenvalue weighted by Crippen LogP contribution is -2.47. The minimum absolute atomic E-state index is 0.0360. The first kappa shape index (κ1) is 54.1. The smallest absolute Gasteiger partial charge is 0.132 e. The summed E-state index contributed by atoms with van der Waals surface area (Å²) in [6.07, 6.45) is 14.5. The van der Waals surface area contributed by atoms with Crippen LogP contribution in [0.1, 0.15) is 25.8 Å². The normalized spacial score (nSPS) is 16.8. The van der Waals surface area contributed by atoms with E-state index in [4.69, 9.17) is 9.47 Å². The van der Waals surface area contributed by atoms with Crippen molar-refractivity contribution in [3.63, 3.8) is 0 Å². The number of ether oxygens (including phenoxy) is 2. The van der Waals surface area contributed by atoms with Gasteiger partial charge in [0.15, 0.2) is 0 Å². The van der Waals surface area contributed by atoms with Crippen LogP contribution in [-0.4, -0.2) is 12.2 Å². The van der Waals surface area contributed by atoms with Crippen molar-refractivity contribution in [1.82, 2.24) is 0 Å². The molecule has 0 spiro atoms. The lowest BCUT2D eigenvalue weighted by molar-refractivity contribution is 0.121. The molecule has 0 bridgehead atoms. The van der Waals surface area contributed by atoms with E-state index in [1.54, 1.807) is 0 Å². The highest BCUT2D eigenvalue weighted by molar-refractivity contribution is 7.80. The number of allylic oxidation sites excluding steroid dienone is 4. The standard InChI is InChI=1S/C39H34OP2.C36H30OP2/c1-39(2)33-25-15-27-35(41(29-17-7-3-8-18-29)30-19-9-4-10-20-30)37(33)40-38-34(39)26-16-28-36(38)42(31-21-11-5-12-22-31)32-23-13-6-14-24-32;1-5-17-29(18-6-1)38(30-19-7-2-8-20-30)35-27-15-13-25-33(35)37-34-26-14-16-28-36(34)39(31-21-9-3-10-22-31)32-23-11-4-12-24-32/h3-28,33,37H,1-2H3;1-25,27-28,34H,26H2. The molecule has 3 aliphatic rings. The zero-order valence-electron chi connectivity index (χ0n) is 45.6. The average molecular weight is 1120 g/mol. The number of hydrogen-bond donors (Lipinski definition) is 0. The number of fused-ring (bicyclic) bond motifs is 2. The van der Waals surface area contributed by atoms with E-state index in [0.717, 1.165) is 17.9 Å². The molecule has 2 aliphatic carbocycles. The van der Waals surface area contributed by atoms with E-state index in [1.165, 1.54) is 69.2 Å². The van der Waals surface area contributed by atoms with E-state index < -0.39 is 31.7 Å². The van der Waals surface area contributed by atoms with Gasteiger partial charge in [-0.2, -0.15) is 0 Å². The van der Waals surface area contributed by atoms with E-state index in [-0.39, 0.29) is 23.5 Å². The van der Waals surface area contributed by atoms with Gasteiger partial charge in [-0.1, -0.05) is 329 Å². The van der Waals surface area contributed by atoms with Gasteiger partial charge in [0.2, 0.25) is 0 Å². The molecular weight excluding hydrogens is 1060 g/mol. The summed E-state index contributed by atoms with van der Waals surface area (Å²) in [6, 6.07) is 103. The Kier molecular flexibility index (Phi) is 17.0. The highest BCUT2D eigenvalue weighted by atomic mass is 31.1. The van der Waals surface area contributed by atoms with Crippen LogP contribution in [0.5, 0.6) is 11.5 Å². The Balaban J connectivity index is 0.000000161. The molecule has 0 N–H and O–H groups in total. The fraction of sp³-hybridized carbons (Fsp3) is 0.0933. The monoisotopic (exact) mass is 1120 g/mol. The molecule has 10 aromatic rings. The molecular formula is C75H64O2P4. The van der Waals surface area contributed by atoms with Crippen LogP contribution in [0.2, 0.25) is 0 Å². The van der Waals surface area contributed by atoms with E-state index in [2.05, 4.69) is 335 Å². The molecule has 0 radical (unpaired) electrons. The summed E-state index contributed by atoms with van der Waals surface area (Å²) in [5, 5.41) is 16.0. The molecule has 6 heteroatoms. The predicted molar refractivity (Wildman–Crippen MR) is 353 cm³/mol. The molecule has 0 fully saturated rings. The molecule has 10 aromatic carbocycles. The van der Waals surface area contributed by atoms with Crippen molar-refractivity contribution in [3.8, 4) is 11.5 Å². The van der Waals surface area contributed by atoms with E-state index in [9.17, 15) is 0 Å². The van der Waals surface area contributed by atoms with Crippen LogP contribution in [0.4, 0.5) is 0 Å². The molecule has 0 amide bonds. The van der Waals surface area contributed by atoms with Gasteiger partial charge >= 0.3 is 0 Å². The molecule has 396 valence electrons.